The lowest BCUT2D eigenvalue weighted by Gasteiger charge is -2.45. The lowest BCUT2D eigenvalue weighted by Crippen LogP contribution is -2.60. The van der Waals surface area contributed by atoms with Crippen molar-refractivity contribution in [2.75, 3.05) is 34.3 Å². The molecule has 1 rings (SSSR count). The maximum Gasteiger partial charge on any atom is 0.286 e. The first-order valence-electron chi connectivity index (χ1n) is 4.87. The second-order valence-electron chi connectivity index (χ2n) is 4.20. The monoisotopic (exact) mass is 233 g/mol. The van der Waals surface area contributed by atoms with Gasteiger partial charge in [0.1, 0.15) is 5.84 Å². The second kappa shape index (κ2) is 4.59. The first kappa shape index (κ1) is 12.6. The largest absolute Gasteiger partial charge is 0.360 e. The van der Waals surface area contributed by atoms with Crippen LogP contribution in [0.2, 0.25) is 0 Å². The summed E-state index contributed by atoms with van der Waals surface area (Å²) in [5.41, 5.74) is -0.207. The molecule has 0 aliphatic carbocycles. The highest BCUT2D eigenvalue weighted by molar-refractivity contribution is 7.78. The molecular weight excluding hydrogens is 214 g/mol. The summed E-state index contributed by atoms with van der Waals surface area (Å²) in [7, 11) is 5.39. The quantitative estimate of drug-likeness (QED) is 0.686. The van der Waals surface area contributed by atoms with Crippen LogP contribution >= 0.6 is 0 Å². The van der Waals surface area contributed by atoms with Crippen molar-refractivity contribution < 1.29 is 8.39 Å². The van der Waals surface area contributed by atoms with E-state index in [1.807, 2.05) is 19.0 Å². The fourth-order valence-corrected chi connectivity index (χ4v) is 2.19. The smallest absolute Gasteiger partial charge is 0.286 e. The maximum absolute atomic E-state index is 11.3. The van der Waals surface area contributed by atoms with Crippen LogP contribution in [0.1, 0.15) is 13.8 Å². The molecule has 88 valence electrons. The standard InChI is InChI=1S/C9H19N3O2S/c1-9(2)8(10-15(13)14-5)11(3)6-7-12(9)4/h6-7H2,1-5H3/b10-8-. The molecule has 0 spiro atoms. The van der Waals surface area contributed by atoms with Gasteiger partial charge >= 0.3 is 0 Å². The van der Waals surface area contributed by atoms with E-state index in [4.69, 9.17) is 0 Å². The van der Waals surface area contributed by atoms with Crippen LogP contribution < -0.4 is 0 Å². The third-order valence-electron chi connectivity index (χ3n) is 2.94. The van der Waals surface area contributed by atoms with Crippen LogP contribution in [0.4, 0.5) is 0 Å². The molecule has 6 heteroatoms. The van der Waals surface area contributed by atoms with E-state index in [1.54, 1.807) is 0 Å². The third kappa shape index (κ3) is 2.56. The van der Waals surface area contributed by atoms with Crippen LogP contribution in [0, 0.1) is 0 Å². The number of likely N-dealkylation sites (N-methyl/N-ethyl adjacent to an activating group) is 2. The van der Waals surface area contributed by atoms with Gasteiger partial charge < -0.3 is 4.90 Å². The summed E-state index contributed by atoms with van der Waals surface area (Å²) in [5.74, 6) is 0.802. The van der Waals surface area contributed by atoms with Gasteiger partial charge in [0.25, 0.3) is 11.3 Å². The highest BCUT2D eigenvalue weighted by Crippen LogP contribution is 2.21. The fraction of sp³-hybridized carbons (Fsp3) is 0.889. The van der Waals surface area contributed by atoms with Gasteiger partial charge in [-0.3, -0.25) is 9.08 Å². The molecule has 0 aromatic carbocycles. The number of hydrogen-bond donors (Lipinski definition) is 0. The van der Waals surface area contributed by atoms with Gasteiger partial charge in [0, 0.05) is 20.1 Å². The Morgan fingerprint density at radius 2 is 2.00 bits per heavy atom. The summed E-state index contributed by atoms with van der Waals surface area (Å²) in [6.45, 7) is 5.99. The van der Waals surface area contributed by atoms with Crippen molar-refractivity contribution in [3.63, 3.8) is 0 Å². The first-order valence-corrected chi connectivity index (χ1v) is 5.90. The molecule has 1 atom stereocenters. The molecule has 1 heterocycles. The Bertz CT molecular complexity index is 291. The number of amidine groups is 1. The van der Waals surface area contributed by atoms with E-state index in [1.165, 1.54) is 7.11 Å². The van der Waals surface area contributed by atoms with Gasteiger partial charge in [-0.15, -0.1) is 4.40 Å². The summed E-state index contributed by atoms with van der Waals surface area (Å²) in [5, 5.41) is 0. The molecule has 0 amide bonds. The SMILES string of the molecule is COS(=O)/N=C1\N(C)CCN(C)C1(C)C. The highest BCUT2D eigenvalue weighted by Gasteiger charge is 2.36. The Morgan fingerprint density at radius 3 is 2.53 bits per heavy atom. The summed E-state index contributed by atoms with van der Waals surface area (Å²) < 4.78 is 20.0. The van der Waals surface area contributed by atoms with E-state index in [2.05, 4.69) is 27.3 Å². The molecule has 0 saturated carbocycles. The molecule has 0 aromatic rings. The topological polar surface area (TPSA) is 45.1 Å². The van der Waals surface area contributed by atoms with Crippen molar-refractivity contribution in [1.82, 2.24) is 9.80 Å². The predicted octanol–water partition coefficient (Wildman–Crippen LogP) is 0.266. The minimum absolute atomic E-state index is 0.207. The number of nitrogens with zero attached hydrogens (tertiary/aromatic N) is 3. The van der Waals surface area contributed by atoms with Crippen LogP contribution in [0.25, 0.3) is 0 Å². The van der Waals surface area contributed by atoms with Gasteiger partial charge in [-0.25, -0.2) is 4.21 Å². The summed E-state index contributed by atoms with van der Waals surface area (Å²) >= 11 is -1.59. The molecule has 15 heavy (non-hydrogen) atoms. The van der Waals surface area contributed by atoms with Crippen LogP contribution in [-0.4, -0.2) is 59.7 Å². The Kier molecular flexibility index (Phi) is 3.86. The van der Waals surface area contributed by atoms with Gasteiger partial charge in [0.15, 0.2) is 0 Å². The van der Waals surface area contributed by atoms with Crippen LogP contribution in [0.15, 0.2) is 4.40 Å². The lowest BCUT2D eigenvalue weighted by atomic mass is 9.98. The van der Waals surface area contributed by atoms with Gasteiger partial charge in [-0.05, 0) is 20.9 Å². The molecule has 1 aliphatic heterocycles. The van der Waals surface area contributed by atoms with Gasteiger partial charge in [0.2, 0.25) is 0 Å². The van der Waals surface area contributed by atoms with E-state index >= 15 is 0 Å². The molecule has 0 aromatic heterocycles. The zero-order chi connectivity index (χ0) is 11.6. The zero-order valence-electron chi connectivity index (χ0n) is 9.98. The number of rotatable bonds is 2. The molecule has 1 saturated heterocycles. The Hall–Kier alpha value is -0.460. The first-order chi connectivity index (χ1) is 6.89. The maximum atomic E-state index is 11.3. The Labute approximate surface area is 93.9 Å². The third-order valence-corrected chi connectivity index (χ3v) is 3.54. The molecule has 1 fully saturated rings. The van der Waals surface area contributed by atoms with Gasteiger partial charge in [-0.2, -0.15) is 0 Å². The zero-order valence-corrected chi connectivity index (χ0v) is 10.8. The van der Waals surface area contributed by atoms with E-state index in [0.29, 0.717) is 0 Å². The minimum Gasteiger partial charge on any atom is -0.360 e. The predicted molar refractivity (Wildman–Crippen MR) is 61.9 cm³/mol. The van der Waals surface area contributed by atoms with Crippen LogP contribution in [-0.2, 0) is 15.4 Å². The lowest BCUT2D eigenvalue weighted by molar-refractivity contribution is 0.162. The van der Waals surface area contributed by atoms with Gasteiger partial charge in [0.05, 0.1) is 12.6 Å². The van der Waals surface area contributed by atoms with Crippen molar-refractivity contribution in [3.05, 3.63) is 0 Å². The van der Waals surface area contributed by atoms with Crippen molar-refractivity contribution in [2.24, 2.45) is 4.40 Å². The van der Waals surface area contributed by atoms with Crippen molar-refractivity contribution in [3.8, 4) is 0 Å². The molecule has 0 N–H and O–H groups in total. The molecule has 0 radical (unpaired) electrons. The summed E-state index contributed by atoms with van der Waals surface area (Å²) in [4.78, 5) is 4.22. The average molecular weight is 233 g/mol. The van der Waals surface area contributed by atoms with E-state index in [0.717, 1.165) is 18.9 Å². The van der Waals surface area contributed by atoms with E-state index in [9.17, 15) is 4.21 Å². The van der Waals surface area contributed by atoms with Crippen LogP contribution in [0.5, 0.6) is 0 Å². The van der Waals surface area contributed by atoms with E-state index in [-0.39, 0.29) is 5.54 Å². The van der Waals surface area contributed by atoms with Crippen LogP contribution in [0.3, 0.4) is 0 Å². The fourth-order valence-electron chi connectivity index (χ4n) is 1.61. The second-order valence-corrected chi connectivity index (χ2v) is 5.15. The summed E-state index contributed by atoms with van der Waals surface area (Å²) in [6.07, 6.45) is 0. The minimum atomic E-state index is -1.59. The van der Waals surface area contributed by atoms with Crippen molar-refractivity contribution in [2.45, 2.75) is 19.4 Å². The van der Waals surface area contributed by atoms with Crippen molar-refractivity contribution in [1.29, 1.82) is 0 Å². The van der Waals surface area contributed by atoms with Gasteiger partial charge in [-0.1, -0.05) is 0 Å². The molecule has 5 nitrogen and oxygen atoms in total. The Balaban J connectivity index is 3.00. The highest BCUT2D eigenvalue weighted by atomic mass is 32.2. The molecule has 0 bridgehead atoms. The van der Waals surface area contributed by atoms with E-state index < -0.39 is 11.3 Å². The number of piperazine rings is 1. The molecule has 1 aliphatic rings. The van der Waals surface area contributed by atoms with Crippen molar-refractivity contribution >= 4 is 17.1 Å². The normalized spacial score (nSPS) is 27.0. The average Bonchev–Trinajstić information content (AvgIpc) is 2.19. The summed E-state index contributed by atoms with van der Waals surface area (Å²) in [6, 6.07) is 0. The molecule has 1 unspecified atom stereocenters. The molecular formula is C9H19N3O2S. The Morgan fingerprint density at radius 1 is 1.40 bits per heavy atom. The number of hydrogen-bond acceptors (Lipinski definition) is 3.